The van der Waals surface area contributed by atoms with E-state index in [0.717, 1.165) is 13.0 Å². The zero-order valence-electron chi connectivity index (χ0n) is 10.8. The molecular weight excluding hydrogens is 218 g/mol. The quantitative estimate of drug-likeness (QED) is 0.685. The lowest BCUT2D eigenvalue weighted by atomic mass is 10.00. The fourth-order valence-electron chi connectivity index (χ4n) is 1.75. The number of hydrogen-bond donors (Lipinski definition) is 0. The van der Waals surface area contributed by atoms with Crippen molar-refractivity contribution in [3.05, 3.63) is 12.2 Å². The molecule has 1 atom stereocenters. The SMILES string of the molecule is CCCCC(CC)Cn1cnc(C(=O)OC)n1. The van der Waals surface area contributed by atoms with E-state index in [1.54, 1.807) is 11.0 Å². The molecule has 0 N–H and O–H groups in total. The van der Waals surface area contributed by atoms with Gasteiger partial charge in [-0.05, 0) is 12.3 Å². The number of ether oxygens (including phenoxy) is 1. The van der Waals surface area contributed by atoms with Crippen LogP contribution in [0, 0.1) is 5.92 Å². The number of nitrogens with zero attached hydrogens (tertiary/aromatic N) is 3. The molecule has 5 heteroatoms. The fourth-order valence-corrected chi connectivity index (χ4v) is 1.75. The van der Waals surface area contributed by atoms with Crippen molar-refractivity contribution >= 4 is 5.97 Å². The molecule has 0 radical (unpaired) electrons. The number of carbonyl (C=O) groups excluding carboxylic acids is 1. The molecule has 0 spiro atoms. The monoisotopic (exact) mass is 239 g/mol. The molecule has 96 valence electrons. The van der Waals surface area contributed by atoms with Crippen molar-refractivity contribution in [1.29, 1.82) is 0 Å². The second-order valence-corrected chi connectivity index (χ2v) is 4.20. The van der Waals surface area contributed by atoms with Crippen LogP contribution in [0.15, 0.2) is 6.33 Å². The first-order chi connectivity index (χ1) is 8.21. The van der Waals surface area contributed by atoms with Gasteiger partial charge >= 0.3 is 5.97 Å². The Morgan fingerprint density at radius 1 is 1.53 bits per heavy atom. The van der Waals surface area contributed by atoms with Gasteiger partial charge in [0.1, 0.15) is 6.33 Å². The molecular formula is C12H21N3O2. The number of unbranched alkanes of at least 4 members (excludes halogenated alkanes) is 1. The van der Waals surface area contributed by atoms with Crippen LogP contribution in [0.25, 0.3) is 0 Å². The highest BCUT2D eigenvalue weighted by Crippen LogP contribution is 2.14. The van der Waals surface area contributed by atoms with Crippen LogP contribution in [-0.4, -0.2) is 27.8 Å². The molecule has 0 saturated heterocycles. The number of methoxy groups -OCH3 is 1. The van der Waals surface area contributed by atoms with Crippen LogP contribution in [0.2, 0.25) is 0 Å². The summed E-state index contributed by atoms with van der Waals surface area (Å²) >= 11 is 0. The zero-order chi connectivity index (χ0) is 12.7. The van der Waals surface area contributed by atoms with E-state index in [2.05, 4.69) is 28.7 Å². The molecule has 1 aromatic heterocycles. The Morgan fingerprint density at radius 2 is 2.29 bits per heavy atom. The Morgan fingerprint density at radius 3 is 2.88 bits per heavy atom. The molecule has 1 heterocycles. The first kappa shape index (κ1) is 13.7. The lowest BCUT2D eigenvalue weighted by Crippen LogP contribution is -2.12. The Hall–Kier alpha value is -1.39. The molecule has 0 aliphatic carbocycles. The van der Waals surface area contributed by atoms with Gasteiger partial charge in [-0.1, -0.05) is 33.1 Å². The molecule has 0 bridgehead atoms. The maximum absolute atomic E-state index is 11.2. The molecule has 1 unspecified atom stereocenters. The first-order valence-electron chi connectivity index (χ1n) is 6.19. The van der Waals surface area contributed by atoms with Gasteiger partial charge in [0.05, 0.1) is 7.11 Å². The maximum Gasteiger partial charge on any atom is 0.377 e. The second kappa shape index (κ2) is 7.04. The number of esters is 1. The lowest BCUT2D eigenvalue weighted by Gasteiger charge is -2.13. The highest BCUT2D eigenvalue weighted by atomic mass is 16.5. The van der Waals surface area contributed by atoms with Crippen molar-refractivity contribution < 1.29 is 9.53 Å². The average molecular weight is 239 g/mol. The first-order valence-corrected chi connectivity index (χ1v) is 6.19. The van der Waals surface area contributed by atoms with Crippen LogP contribution >= 0.6 is 0 Å². The maximum atomic E-state index is 11.2. The van der Waals surface area contributed by atoms with E-state index in [1.807, 2.05) is 0 Å². The van der Waals surface area contributed by atoms with Crippen LogP contribution in [0.5, 0.6) is 0 Å². The Kier molecular flexibility index (Phi) is 5.66. The van der Waals surface area contributed by atoms with Crippen molar-refractivity contribution in [2.24, 2.45) is 5.92 Å². The van der Waals surface area contributed by atoms with E-state index >= 15 is 0 Å². The average Bonchev–Trinajstić information content (AvgIpc) is 2.81. The Labute approximate surface area is 102 Å². The van der Waals surface area contributed by atoms with E-state index in [4.69, 9.17) is 0 Å². The number of carbonyl (C=O) groups is 1. The third kappa shape index (κ3) is 4.17. The van der Waals surface area contributed by atoms with Gasteiger partial charge in [-0.3, -0.25) is 4.68 Å². The van der Waals surface area contributed by atoms with E-state index in [1.165, 1.54) is 26.4 Å². The van der Waals surface area contributed by atoms with Gasteiger partial charge in [0.25, 0.3) is 5.82 Å². The number of rotatable bonds is 7. The largest absolute Gasteiger partial charge is 0.463 e. The summed E-state index contributed by atoms with van der Waals surface area (Å²) < 4.78 is 6.30. The highest BCUT2D eigenvalue weighted by Gasteiger charge is 2.13. The number of hydrogen-bond acceptors (Lipinski definition) is 4. The van der Waals surface area contributed by atoms with Gasteiger partial charge in [-0.2, -0.15) is 0 Å². The van der Waals surface area contributed by atoms with Crippen LogP contribution in [0.3, 0.4) is 0 Å². The van der Waals surface area contributed by atoms with E-state index < -0.39 is 5.97 Å². The van der Waals surface area contributed by atoms with Gasteiger partial charge in [0.2, 0.25) is 0 Å². The zero-order valence-corrected chi connectivity index (χ0v) is 10.8. The van der Waals surface area contributed by atoms with Crippen molar-refractivity contribution in [3.63, 3.8) is 0 Å². The third-order valence-corrected chi connectivity index (χ3v) is 2.89. The van der Waals surface area contributed by atoms with Crippen molar-refractivity contribution in [2.75, 3.05) is 7.11 Å². The van der Waals surface area contributed by atoms with E-state index in [-0.39, 0.29) is 5.82 Å². The summed E-state index contributed by atoms with van der Waals surface area (Å²) in [7, 11) is 1.33. The van der Waals surface area contributed by atoms with E-state index in [0.29, 0.717) is 5.92 Å². The minimum atomic E-state index is -0.481. The Bertz CT molecular complexity index is 349. The summed E-state index contributed by atoms with van der Waals surface area (Å²) in [6.07, 6.45) is 6.35. The van der Waals surface area contributed by atoms with Crippen molar-refractivity contribution in [1.82, 2.24) is 14.8 Å². The van der Waals surface area contributed by atoms with Crippen LogP contribution in [0.4, 0.5) is 0 Å². The predicted molar refractivity (Wildman–Crippen MR) is 64.7 cm³/mol. The molecule has 5 nitrogen and oxygen atoms in total. The molecule has 17 heavy (non-hydrogen) atoms. The summed E-state index contributed by atoms with van der Waals surface area (Å²) in [5.41, 5.74) is 0. The molecule has 0 aromatic carbocycles. The topological polar surface area (TPSA) is 57.0 Å². The van der Waals surface area contributed by atoms with E-state index in [9.17, 15) is 4.79 Å². The van der Waals surface area contributed by atoms with Gasteiger partial charge in [-0.15, -0.1) is 5.10 Å². The summed E-state index contributed by atoms with van der Waals surface area (Å²) in [6.45, 7) is 5.19. The molecule has 1 aromatic rings. The minimum absolute atomic E-state index is 0.137. The lowest BCUT2D eigenvalue weighted by molar-refractivity contribution is 0.0586. The van der Waals surface area contributed by atoms with Crippen LogP contribution < -0.4 is 0 Å². The smallest absolute Gasteiger partial charge is 0.377 e. The summed E-state index contributed by atoms with van der Waals surface area (Å²) in [5.74, 6) is 0.255. The standard InChI is InChI=1S/C12H21N3O2/c1-4-6-7-10(5-2)8-15-9-13-11(14-15)12(16)17-3/h9-10H,4-8H2,1-3H3. The predicted octanol–water partition coefficient (Wildman–Crippen LogP) is 2.28. The Balaban J connectivity index is 2.54. The molecule has 0 fully saturated rings. The molecule has 0 aliphatic rings. The minimum Gasteiger partial charge on any atom is -0.463 e. The molecule has 0 aliphatic heterocycles. The van der Waals surface area contributed by atoms with Gasteiger partial charge in [-0.25, -0.2) is 9.78 Å². The van der Waals surface area contributed by atoms with Crippen LogP contribution in [0.1, 0.15) is 50.1 Å². The van der Waals surface area contributed by atoms with Gasteiger partial charge in [0, 0.05) is 6.54 Å². The molecule has 0 amide bonds. The normalized spacial score (nSPS) is 12.4. The van der Waals surface area contributed by atoms with Crippen molar-refractivity contribution in [2.45, 2.75) is 46.1 Å². The molecule has 0 saturated carbocycles. The van der Waals surface area contributed by atoms with Crippen LogP contribution in [-0.2, 0) is 11.3 Å². The van der Waals surface area contributed by atoms with Gasteiger partial charge in [0.15, 0.2) is 0 Å². The summed E-state index contributed by atoms with van der Waals surface area (Å²) in [4.78, 5) is 15.1. The third-order valence-electron chi connectivity index (χ3n) is 2.89. The molecule has 1 rings (SSSR count). The highest BCUT2D eigenvalue weighted by molar-refractivity contribution is 5.84. The summed E-state index contributed by atoms with van der Waals surface area (Å²) in [6, 6.07) is 0. The summed E-state index contributed by atoms with van der Waals surface area (Å²) in [5, 5.41) is 4.11. The second-order valence-electron chi connectivity index (χ2n) is 4.20. The van der Waals surface area contributed by atoms with Gasteiger partial charge < -0.3 is 4.74 Å². The van der Waals surface area contributed by atoms with Crippen molar-refractivity contribution in [3.8, 4) is 0 Å². The number of aromatic nitrogens is 3. The fraction of sp³-hybridized carbons (Fsp3) is 0.750.